The molecule has 0 bridgehead atoms. The van der Waals surface area contributed by atoms with Crippen LogP contribution in [0.2, 0.25) is 5.02 Å². The number of hydrogen-bond acceptors (Lipinski definition) is 3. The van der Waals surface area contributed by atoms with Gasteiger partial charge in [-0.1, -0.05) is 25.4 Å². The van der Waals surface area contributed by atoms with Crippen molar-refractivity contribution in [1.82, 2.24) is 9.55 Å². The molecule has 0 saturated carbocycles. The summed E-state index contributed by atoms with van der Waals surface area (Å²) in [5.74, 6) is 0.669. The molecule has 0 fully saturated rings. The average Bonchev–Trinajstić information content (AvgIpc) is 2.75. The number of benzene rings is 1. The van der Waals surface area contributed by atoms with Crippen LogP contribution < -0.4 is 11.1 Å². The molecule has 2 aromatic rings. The predicted molar refractivity (Wildman–Crippen MR) is 88.1 cm³/mol. The number of nitrogens with one attached hydrogen (secondary N) is 1. The number of imidazole rings is 1. The van der Waals surface area contributed by atoms with Crippen LogP contribution in [-0.4, -0.2) is 15.5 Å². The fraction of sp³-hybridized carbons (Fsp3) is 0.286. The zero-order valence-corrected chi connectivity index (χ0v) is 13.4. The second kappa shape index (κ2) is 7.33. The van der Waals surface area contributed by atoms with Crippen LogP contribution in [-0.2, 0) is 6.54 Å². The third-order valence-electron chi connectivity index (χ3n) is 2.74. The van der Waals surface area contributed by atoms with Crippen LogP contribution in [0.1, 0.15) is 24.2 Å². The van der Waals surface area contributed by atoms with E-state index in [1.807, 2.05) is 10.8 Å². The number of amides is 1. The van der Waals surface area contributed by atoms with Crippen molar-refractivity contribution in [2.75, 3.05) is 11.1 Å². The van der Waals surface area contributed by atoms with Crippen molar-refractivity contribution in [1.29, 1.82) is 0 Å². The Hall–Kier alpha value is -1.72. The van der Waals surface area contributed by atoms with Gasteiger partial charge in [0.2, 0.25) is 5.95 Å². The molecule has 0 spiro atoms. The number of carbonyl (C=O) groups is 1. The molecule has 5 nitrogen and oxygen atoms in total. The minimum Gasteiger partial charge on any atom is -0.399 e. The second-order valence-corrected chi connectivity index (χ2v) is 5.40. The molecule has 0 aliphatic heterocycles. The van der Waals surface area contributed by atoms with E-state index in [9.17, 15) is 4.79 Å². The molecule has 1 aromatic heterocycles. The van der Waals surface area contributed by atoms with Crippen molar-refractivity contribution in [2.45, 2.75) is 20.4 Å². The number of carbonyl (C=O) groups excluding carboxylic acids is 1. The van der Waals surface area contributed by atoms with Crippen LogP contribution in [0.3, 0.4) is 0 Å². The lowest BCUT2D eigenvalue weighted by Gasteiger charge is -2.11. The Kier molecular flexibility index (Phi) is 6.05. The van der Waals surface area contributed by atoms with Gasteiger partial charge in [0.25, 0.3) is 5.91 Å². The lowest BCUT2D eigenvalue weighted by atomic mass is 10.2. The monoisotopic (exact) mass is 328 g/mol. The maximum atomic E-state index is 12.2. The van der Waals surface area contributed by atoms with Crippen LogP contribution in [0.4, 0.5) is 11.6 Å². The third-order valence-corrected chi connectivity index (χ3v) is 3.05. The Morgan fingerprint density at radius 3 is 2.81 bits per heavy atom. The van der Waals surface area contributed by atoms with E-state index in [4.69, 9.17) is 17.3 Å². The first kappa shape index (κ1) is 17.3. The molecule has 1 heterocycles. The fourth-order valence-corrected chi connectivity index (χ4v) is 2.13. The number of hydrogen-bond donors (Lipinski definition) is 2. The van der Waals surface area contributed by atoms with Gasteiger partial charge in [-0.3, -0.25) is 10.1 Å². The number of rotatable bonds is 4. The Morgan fingerprint density at radius 2 is 2.19 bits per heavy atom. The highest BCUT2D eigenvalue weighted by atomic mass is 35.5. The van der Waals surface area contributed by atoms with Crippen molar-refractivity contribution in [2.24, 2.45) is 5.92 Å². The molecule has 21 heavy (non-hydrogen) atoms. The van der Waals surface area contributed by atoms with Gasteiger partial charge in [-0.15, -0.1) is 12.4 Å². The van der Waals surface area contributed by atoms with Crippen molar-refractivity contribution >= 4 is 41.6 Å². The standard InChI is InChI=1S/C14H17ClN4O.ClH/c1-9(2)8-19-6-5-17-14(19)18-13(20)11-4-3-10(16)7-12(11)15;/h3-7,9H,8,16H2,1-2H3,(H,17,18,20);1H. The van der Waals surface area contributed by atoms with Gasteiger partial charge >= 0.3 is 0 Å². The van der Waals surface area contributed by atoms with E-state index in [1.54, 1.807) is 24.4 Å². The Bertz CT molecular complexity index is 625. The van der Waals surface area contributed by atoms with Gasteiger partial charge in [0.1, 0.15) is 0 Å². The SMILES string of the molecule is CC(C)Cn1ccnc1NC(=O)c1ccc(N)cc1Cl.Cl. The summed E-state index contributed by atoms with van der Waals surface area (Å²) < 4.78 is 1.90. The minimum absolute atomic E-state index is 0. The summed E-state index contributed by atoms with van der Waals surface area (Å²) in [6.45, 7) is 4.98. The Morgan fingerprint density at radius 1 is 1.48 bits per heavy atom. The molecule has 1 aromatic carbocycles. The first-order valence-electron chi connectivity index (χ1n) is 6.35. The summed E-state index contributed by atoms with van der Waals surface area (Å²) >= 11 is 6.02. The summed E-state index contributed by atoms with van der Waals surface area (Å²) in [7, 11) is 0. The molecule has 0 saturated heterocycles. The van der Waals surface area contributed by atoms with Gasteiger partial charge in [0, 0.05) is 24.6 Å². The topological polar surface area (TPSA) is 72.9 Å². The van der Waals surface area contributed by atoms with Crippen LogP contribution in [0.25, 0.3) is 0 Å². The molecule has 2 rings (SSSR count). The summed E-state index contributed by atoms with van der Waals surface area (Å²) in [6.07, 6.45) is 3.49. The molecular weight excluding hydrogens is 311 g/mol. The maximum absolute atomic E-state index is 12.2. The Balaban J connectivity index is 0.00000220. The summed E-state index contributed by atoms with van der Waals surface area (Å²) in [5.41, 5.74) is 6.51. The zero-order valence-electron chi connectivity index (χ0n) is 11.8. The highest BCUT2D eigenvalue weighted by molar-refractivity contribution is 6.34. The van der Waals surface area contributed by atoms with Crippen LogP contribution in [0.15, 0.2) is 30.6 Å². The molecule has 114 valence electrons. The molecule has 1 amide bonds. The molecule has 7 heteroatoms. The molecular formula is C14H18Cl2N4O. The van der Waals surface area contributed by atoms with E-state index >= 15 is 0 Å². The normalized spacial score (nSPS) is 10.3. The van der Waals surface area contributed by atoms with E-state index in [0.717, 1.165) is 6.54 Å². The maximum Gasteiger partial charge on any atom is 0.259 e. The van der Waals surface area contributed by atoms with E-state index in [1.165, 1.54) is 0 Å². The number of nitrogens with zero attached hydrogens (tertiary/aromatic N) is 2. The minimum atomic E-state index is -0.300. The number of halogens is 2. The van der Waals surface area contributed by atoms with E-state index in [0.29, 0.717) is 28.1 Å². The van der Waals surface area contributed by atoms with E-state index in [2.05, 4.69) is 24.1 Å². The predicted octanol–water partition coefficient (Wildman–Crippen LogP) is 3.45. The molecule has 0 radical (unpaired) electrons. The summed E-state index contributed by atoms with van der Waals surface area (Å²) in [5, 5.41) is 3.08. The fourth-order valence-electron chi connectivity index (χ4n) is 1.86. The van der Waals surface area contributed by atoms with Gasteiger partial charge in [-0.05, 0) is 24.1 Å². The summed E-state index contributed by atoms with van der Waals surface area (Å²) in [6, 6.07) is 4.79. The van der Waals surface area contributed by atoms with Crippen molar-refractivity contribution in [3.8, 4) is 0 Å². The first-order chi connectivity index (χ1) is 9.47. The molecule has 0 aliphatic rings. The van der Waals surface area contributed by atoms with Crippen LogP contribution in [0, 0.1) is 5.92 Å². The first-order valence-corrected chi connectivity index (χ1v) is 6.72. The summed E-state index contributed by atoms with van der Waals surface area (Å²) in [4.78, 5) is 16.3. The largest absolute Gasteiger partial charge is 0.399 e. The number of anilines is 2. The molecule has 0 aliphatic carbocycles. The second-order valence-electron chi connectivity index (χ2n) is 4.99. The quantitative estimate of drug-likeness (QED) is 0.844. The Labute approximate surface area is 134 Å². The lowest BCUT2D eigenvalue weighted by Crippen LogP contribution is -2.17. The van der Waals surface area contributed by atoms with E-state index < -0.39 is 0 Å². The van der Waals surface area contributed by atoms with Gasteiger partial charge < -0.3 is 10.3 Å². The van der Waals surface area contributed by atoms with Gasteiger partial charge in [-0.2, -0.15) is 0 Å². The third kappa shape index (κ3) is 4.37. The molecule has 3 N–H and O–H groups in total. The zero-order chi connectivity index (χ0) is 14.7. The van der Waals surface area contributed by atoms with Crippen molar-refractivity contribution < 1.29 is 4.79 Å². The van der Waals surface area contributed by atoms with Crippen molar-refractivity contribution in [3.63, 3.8) is 0 Å². The highest BCUT2D eigenvalue weighted by Crippen LogP contribution is 2.20. The average molecular weight is 329 g/mol. The molecule has 0 unspecified atom stereocenters. The number of nitrogens with two attached hydrogens (primary N) is 1. The van der Waals surface area contributed by atoms with Gasteiger partial charge in [0.15, 0.2) is 0 Å². The molecule has 0 atom stereocenters. The van der Waals surface area contributed by atoms with Crippen molar-refractivity contribution in [3.05, 3.63) is 41.2 Å². The smallest absolute Gasteiger partial charge is 0.259 e. The lowest BCUT2D eigenvalue weighted by molar-refractivity contribution is 0.102. The number of aromatic nitrogens is 2. The number of nitrogen functional groups attached to an aromatic ring is 1. The van der Waals surface area contributed by atoms with Crippen LogP contribution in [0.5, 0.6) is 0 Å². The highest BCUT2D eigenvalue weighted by Gasteiger charge is 2.13. The van der Waals surface area contributed by atoms with Gasteiger partial charge in [0.05, 0.1) is 10.6 Å². The van der Waals surface area contributed by atoms with Gasteiger partial charge in [-0.25, -0.2) is 4.98 Å². The van der Waals surface area contributed by atoms with E-state index in [-0.39, 0.29) is 18.3 Å². The van der Waals surface area contributed by atoms with Crippen LogP contribution >= 0.6 is 24.0 Å².